The second-order valence-electron chi connectivity index (χ2n) is 7.23. The average Bonchev–Trinajstić information content (AvgIpc) is 3.28. The van der Waals surface area contributed by atoms with Crippen LogP contribution in [0.4, 0.5) is 5.69 Å². The van der Waals surface area contributed by atoms with E-state index in [0.29, 0.717) is 12.1 Å². The Morgan fingerprint density at radius 1 is 1.13 bits per heavy atom. The first-order chi connectivity index (χ1) is 15.1. The molecule has 0 fully saturated rings. The van der Waals surface area contributed by atoms with Gasteiger partial charge in [0.15, 0.2) is 0 Å². The molecule has 2 aromatic carbocycles. The van der Waals surface area contributed by atoms with Crippen molar-refractivity contribution in [2.75, 3.05) is 12.4 Å². The Morgan fingerprint density at radius 3 is 2.71 bits per heavy atom. The second kappa shape index (κ2) is 9.53. The lowest BCUT2D eigenvalue weighted by Gasteiger charge is -2.11. The summed E-state index contributed by atoms with van der Waals surface area (Å²) in [5.74, 6) is -0.323. The van der Waals surface area contributed by atoms with Gasteiger partial charge in [0.25, 0.3) is 0 Å². The second-order valence-corrected chi connectivity index (χ2v) is 8.17. The third-order valence-electron chi connectivity index (χ3n) is 5.07. The molecule has 0 spiro atoms. The molecule has 6 heteroatoms. The molecule has 0 radical (unpaired) electrons. The molecule has 0 atom stereocenters. The highest BCUT2D eigenvalue weighted by atomic mass is 32.1. The number of hydrogen-bond donors (Lipinski definition) is 1. The molecule has 0 saturated carbocycles. The predicted molar refractivity (Wildman–Crippen MR) is 124 cm³/mol. The topological polar surface area (TPSA) is 64.1 Å². The first-order valence-corrected chi connectivity index (χ1v) is 10.9. The van der Waals surface area contributed by atoms with Crippen molar-refractivity contribution in [2.24, 2.45) is 0 Å². The van der Waals surface area contributed by atoms with E-state index in [1.165, 1.54) is 18.2 Å². The highest BCUT2D eigenvalue weighted by Gasteiger charge is 2.09. The number of ether oxygens (including phenoxy) is 1. The normalized spacial score (nSPS) is 10.6. The molecule has 5 nitrogen and oxygen atoms in total. The minimum atomic E-state index is -0.323. The third kappa shape index (κ3) is 5.16. The summed E-state index contributed by atoms with van der Waals surface area (Å²) in [6.45, 7) is 2.80. The summed E-state index contributed by atoms with van der Waals surface area (Å²) < 4.78 is 4.74. The van der Waals surface area contributed by atoms with Gasteiger partial charge >= 0.3 is 5.97 Å². The number of esters is 1. The lowest BCUT2D eigenvalue weighted by molar-refractivity contribution is 0.0600. The standard InChI is InChI=1S/C25H23N3O2S/c1-17-5-10-22(27-14-18-6-8-19(9-7-18)25(29)30-2)12-21(17)13-24-28-23(16-31-24)20-4-3-11-26-15-20/h3-12,15-16,27H,13-14H2,1-2H3. The zero-order chi connectivity index (χ0) is 21.6. The van der Waals surface area contributed by atoms with Gasteiger partial charge in [-0.2, -0.15) is 0 Å². The van der Waals surface area contributed by atoms with Gasteiger partial charge in [0.05, 0.1) is 23.4 Å². The number of pyridine rings is 1. The van der Waals surface area contributed by atoms with Crippen molar-refractivity contribution >= 4 is 23.0 Å². The molecular weight excluding hydrogens is 406 g/mol. The van der Waals surface area contributed by atoms with Crippen molar-refractivity contribution in [2.45, 2.75) is 19.9 Å². The molecule has 0 aliphatic carbocycles. The van der Waals surface area contributed by atoms with Crippen molar-refractivity contribution < 1.29 is 9.53 Å². The van der Waals surface area contributed by atoms with Crippen LogP contribution in [0, 0.1) is 6.92 Å². The minimum Gasteiger partial charge on any atom is -0.465 e. The number of carbonyl (C=O) groups excluding carboxylic acids is 1. The fraction of sp³-hybridized carbons (Fsp3) is 0.160. The van der Waals surface area contributed by atoms with Crippen molar-refractivity contribution in [1.82, 2.24) is 9.97 Å². The van der Waals surface area contributed by atoms with Crippen LogP contribution >= 0.6 is 11.3 Å². The fourth-order valence-electron chi connectivity index (χ4n) is 3.25. The average molecular weight is 430 g/mol. The number of benzene rings is 2. The predicted octanol–water partition coefficient (Wildman–Crippen LogP) is 5.50. The maximum Gasteiger partial charge on any atom is 0.337 e. The SMILES string of the molecule is COC(=O)c1ccc(CNc2ccc(C)c(Cc3nc(-c4cccnc4)cs3)c2)cc1. The van der Waals surface area contributed by atoms with E-state index in [2.05, 4.69) is 40.8 Å². The van der Waals surface area contributed by atoms with Crippen LogP contribution in [0.25, 0.3) is 11.3 Å². The molecule has 31 heavy (non-hydrogen) atoms. The lowest BCUT2D eigenvalue weighted by atomic mass is 10.0. The molecule has 0 aliphatic rings. The summed E-state index contributed by atoms with van der Waals surface area (Å²) in [6.07, 6.45) is 4.40. The number of thiazole rings is 1. The Labute approximate surface area is 185 Å². The summed E-state index contributed by atoms with van der Waals surface area (Å²) in [5, 5.41) is 6.63. The Hall–Kier alpha value is -3.51. The van der Waals surface area contributed by atoms with E-state index in [-0.39, 0.29) is 5.97 Å². The van der Waals surface area contributed by atoms with Gasteiger partial charge in [-0.1, -0.05) is 18.2 Å². The first-order valence-electron chi connectivity index (χ1n) is 9.98. The molecule has 0 unspecified atom stereocenters. The summed E-state index contributed by atoms with van der Waals surface area (Å²) >= 11 is 1.67. The summed E-state index contributed by atoms with van der Waals surface area (Å²) in [5.41, 5.74) is 7.20. The molecule has 4 aromatic rings. The van der Waals surface area contributed by atoms with Gasteiger partial charge in [0, 0.05) is 42.0 Å². The van der Waals surface area contributed by atoms with E-state index in [4.69, 9.17) is 9.72 Å². The lowest BCUT2D eigenvalue weighted by Crippen LogP contribution is -2.03. The number of anilines is 1. The van der Waals surface area contributed by atoms with E-state index >= 15 is 0 Å². The molecule has 156 valence electrons. The van der Waals surface area contributed by atoms with Gasteiger partial charge in [-0.25, -0.2) is 9.78 Å². The van der Waals surface area contributed by atoms with E-state index in [9.17, 15) is 4.79 Å². The molecule has 0 saturated heterocycles. The van der Waals surface area contributed by atoms with E-state index in [0.717, 1.165) is 33.9 Å². The zero-order valence-electron chi connectivity index (χ0n) is 17.5. The molecule has 0 bridgehead atoms. The number of methoxy groups -OCH3 is 1. The third-order valence-corrected chi connectivity index (χ3v) is 5.92. The molecule has 2 heterocycles. The van der Waals surface area contributed by atoms with Crippen LogP contribution in [0.1, 0.15) is 32.1 Å². The first kappa shape index (κ1) is 20.8. The van der Waals surface area contributed by atoms with Gasteiger partial charge in [0.2, 0.25) is 0 Å². The fourth-order valence-corrected chi connectivity index (χ4v) is 4.08. The largest absolute Gasteiger partial charge is 0.465 e. The number of nitrogens with zero attached hydrogens (tertiary/aromatic N) is 2. The Bertz CT molecular complexity index is 1170. The Morgan fingerprint density at radius 2 is 1.97 bits per heavy atom. The summed E-state index contributed by atoms with van der Waals surface area (Å²) in [4.78, 5) is 20.5. The molecule has 0 aliphatic heterocycles. The van der Waals surface area contributed by atoms with Crippen molar-refractivity contribution in [1.29, 1.82) is 0 Å². The van der Waals surface area contributed by atoms with Gasteiger partial charge in [-0.15, -0.1) is 11.3 Å². The number of aryl methyl sites for hydroxylation is 1. The van der Waals surface area contributed by atoms with Crippen LogP contribution in [-0.2, 0) is 17.7 Å². The number of carbonyl (C=O) groups is 1. The molecular formula is C25H23N3O2S. The van der Waals surface area contributed by atoms with E-state index in [1.807, 2.05) is 30.5 Å². The molecule has 2 aromatic heterocycles. The Balaban J connectivity index is 1.43. The zero-order valence-corrected chi connectivity index (χ0v) is 18.3. The highest BCUT2D eigenvalue weighted by Crippen LogP contribution is 2.25. The number of nitrogens with one attached hydrogen (secondary N) is 1. The van der Waals surface area contributed by atoms with Crippen LogP contribution < -0.4 is 5.32 Å². The quantitative estimate of drug-likeness (QED) is 0.393. The van der Waals surface area contributed by atoms with E-state index < -0.39 is 0 Å². The smallest absolute Gasteiger partial charge is 0.337 e. The molecule has 0 amide bonds. The highest BCUT2D eigenvalue weighted by molar-refractivity contribution is 7.10. The van der Waals surface area contributed by atoms with Crippen molar-refractivity contribution in [3.05, 3.63) is 99.6 Å². The van der Waals surface area contributed by atoms with Gasteiger partial charge in [-0.3, -0.25) is 4.98 Å². The van der Waals surface area contributed by atoms with E-state index in [1.54, 1.807) is 29.7 Å². The van der Waals surface area contributed by atoms with Crippen molar-refractivity contribution in [3.8, 4) is 11.3 Å². The number of rotatable bonds is 7. The number of aromatic nitrogens is 2. The van der Waals surface area contributed by atoms with Gasteiger partial charge < -0.3 is 10.1 Å². The molecule has 1 N–H and O–H groups in total. The van der Waals surface area contributed by atoms with Gasteiger partial charge in [0.1, 0.15) is 0 Å². The van der Waals surface area contributed by atoms with Crippen LogP contribution in [0.15, 0.2) is 72.4 Å². The summed E-state index contributed by atoms with van der Waals surface area (Å²) in [7, 11) is 1.39. The maximum absolute atomic E-state index is 11.6. The Kier molecular flexibility index (Phi) is 6.38. The van der Waals surface area contributed by atoms with Crippen LogP contribution in [0.2, 0.25) is 0 Å². The van der Waals surface area contributed by atoms with Crippen LogP contribution in [0.5, 0.6) is 0 Å². The monoisotopic (exact) mass is 429 g/mol. The minimum absolute atomic E-state index is 0.323. The van der Waals surface area contributed by atoms with Crippen molar-refractivity contribution in [3.63, 3.8) is 0 Å². The van der Waals surface area contributed by atoms with Gasteiger partial charge in [-0.05, 0) is 60.0 Å². The van der Waals surface area contributed by atoms with Crippen LogP contribution in [-0.4, -0.2) is 23.0 Å². The maximum atomic E-state index is 11.6. The summed E-state index contributed by atoms with van der Waals surface area (Å²) in [6, 6.07) is 17.8. The van der Waals surface area contributed by atoms with Crippen LogP contribution in [0.3, 0.4) is 0 Å². The number of hydrogen-bond acceptors (Lipinski definition) is 6. The molecule has 4 rings (SSSR count).